The van der Waals surface area contributed by atoms with Crippen molar-refractivity contribution in [2.45, 2.75) is 58.8 Å². The topological polar surface area (TPSA) is 59.2 Å². The maximum absolute atomic E-state index is 12.9. The Morgan fingerprint density at radius 1 is 1.26 bits per heavy atom. The van der Waals surface area contributed by atoms with Crippen LogP contribution in [-0.2, 0) is 13.6 Å². The lowest BCUT2D eigenvalue weighted by Gasteiger charge is -2.48. The predicted molar refractivity (Wildman–Crippen MR) is 144 cm³/mol. The van der Waals surface area contributed by atoms with E-state index < -0.39 is 0 Å². The standard InChI is InChI=1S/C27H32N6OS/c1-6-8-11-31-16-24-27(29-31)23(13-26(34)30(24)5)32-15-21(7-2)33(14-18(32)3)19(4)20-9-10-22-25(12-20)35-17-28-22/h9-10,12-13,16-19,21H,7,11,14-15H2,1-5H3/t18-,19-,21+/m0/s1. The molecule has 35 heavy (non-hydrogen) atoms. The van der Waals surface area contributed by atoms with Gasteiger partial charge in [-0.25, -0.2) is 4.98 Å². The molecule has 0 N–H and O–H groups in total. The number of hydrogen-bond acceptors (Lipinski definition) is 6. The summed E-state index contributed by atoms with van der Waals surface area (Å²) in [6.45, 7) is 10.9. The number of benzene rings is 1. The fraction of sp³-hybridized carbons (Fsp3) is 0.444. The number of piperazine rings is 1. The second kappa shape index (κ2) is 9.48. The van der Waals surface area contributed by atoms with Crippen LogP contribution in [0.5, 0.6) is 0 Å². The van der Waals surface area contributed by atoms with Crippen LogP contribution in [-0.4, -0.2) is 49.4 Å². The predicted octanol–water partition coefficient (Wildman–Crippen LogP) is 4.42. The molecule has 1 saturated heterocycles. The molecule has 0 spiro atoms. The summed E-state index contributed by atoms with van der Waals surface area (Å²) in [7, 11) is 1.81. The van der Waals surface area contributed by atoms with Gasteiger partial charge in [0.25, 0.3) is 5.56 Å². The van der Waals surface area contributed by atoms with Gasteiger partial charge in [-0.15, -0.1) is 17.3 Å². The molecule has 0 amide bonds. The minimum Gasteiger partial charge on any atom is -0.364 e. The van der Waals surface area contributed by atoms with E-state index in [1.54, 1.807) is 22.0 Å². The minimum atomic E-state index is -0.0115. The number of pyridine rings is 1. The lowest BCUT2D eigenvalue weighted by molar-refractivity contribution is 0.106. The lowest BCUT2D eigenvalue weighted by Crippen LogP contribution is -2.58. The molecule has 4 aromatic rings. The molecule has 0 saturated carbocycles. The number of fused-ring (bicyclic) bond motifs is 2. The highest BCUT2D eigenvalue weighted by atomic mass is 32.1. The van der Waals surface area contributed by atoms with E-state index in [2.05, 4.69) is 65.6 Å². The molecular weight excluding hydrogens is 456 g/mol. The number of rotatable bonds is 5. The monoisotopic (exact) mass is 488 g/mol. The quantitative estimate of drug-likeness (QED) is 0.389. The average molecular weight is 489 g/mol. The van der Waals surface area contributed by atoms with Crippen molar-refractivity contribution >= 4 is 38.3 Å². The van der Waals surface area contributed by atoms with Crippen molar-refractivity contribution in [3.8, 4) is 11.8 Å². The Hall–Kier alpha value is -3.15. The first-order valence-electron chi connectivity index (χ1n) is 12.2. The van der Waals surface area contributed by atoms with Crippen LogP contribution in [0, 0.1) is 11.8 Å². The van der Waals surface area contributed by atoms with Crippen molar-refractivity contribution in [3.63, 3.8) is 0 Å². The van der Waals surface area contributed by atoms with Crippen molar-refractivity contribution in [2.75, 3.05) is 18.0 Å². The summed E-state index contributed by atoms with van der Waals surface area (Å²) in [5.41, 5.74) is 6.93. The van der Waals surface area contributed by atoms with Crippen LogP contribution in [0.3, 0.4) is 0 Å². The van der Waals surface area contributed by atoms with Gasteiger partial charge in [-0.3, -0.25) is 14.4 Å². The van der Waals surface area contributed by atoms with E-state index in [4.69, 9.17) is 5.10 Å². The Bertz CT molecular complexity index is 1490. The molecule has 182 valence electrons. The summed E-state index contributed by atoms with van der Waals surface area (Å²) in [5.74, 6) is 5.99. The van der Waals surface area contributed by atoms with E-state index >= 15 is 0 Å². The molecule has 5 rings (SSSR count). The van der Waals surface area contributed by atoms with E-state index in [1.807, 2.05) is 30.4 Å². The zero-order valence-electron chi connectivity index (χ0n) is 21.0. The molecule has 1 aromatic carbocycles. The second-order valence-corrected chi connectivity index (χ2v) is 10.3. The molecule has 1 fully saturated rings. The van der Waals surface area contributed by atoms with Gasteiger partial charge in [0.2, 0.25) is 0 Å². The van der Waals surface area contributed by atoms with Gasteiger partial charge in [0, 0.05) is 44.3 Å². The normalized spacial score (nSPS) is 19.7. The molecule has 0 aliphatic carbocycles. The van der Waals surface area contributed by atoms with Gasteiger partial charge in [-0.2, -0.15) is 5.10 Å². The van der Waals surface area contributed by atoms with Gasteiger partial charge >= 0.3 is 0 Å². The van der Waals surface area contributed by atoms with Crippen LogP contribution in [0.15, 0.2) is 40.8 Å². The third-order valence-electron chi connectivity index (χ3n) is 7.35. The summed E-state index contributed by atoms with van der Waals surface area (Å²) < 4.78 is 4.75. The molecule has 3 atom stereocenters. The first-order valence-corrected chi connectivity index (χ1v) is 13.1. The lowest BCUT2D eigenvalue weighted by atomic mass is 9.98. The van der Waals surface area contributed by atoms with Crippen molar-refractivity contribution in [1.29, 1.82) is 0 Å². The van der Waals surface area contributed by atoms with E-state index in [0.717, 1.165) is 41.7 Å². The van der Waals surface area contributed by atoms with Crippen LogP contribution in [0.4, 0.5) is 5.69 Å². The second-order valence-electron chi connectivity index (χ2n) is 9.43. The number of nitrogens with zero attached hydrogens (tertiary/aromatic N) is 6. The highest BCUT2D eigenvalue weighted by molar-refractivity contribution is 7.16. The van der Waals surface area contributed by atoms with Gasteiger partial charge in [0.05, 0.1) is 33.1 Å². The molecule has 1 aliphatic rings. The minimum absolute atomic E-state index is 0.0115. The maximum Gasteiger partial charge on any atom is 0.252 e. The summed E-state index contributed by atoms with van der Waals surface area (Å²) in [5, 5.41) is 4.83. The zero-order chi connectivity index (χ0) is 24.7. The van der Waals surface area contributed by atoms with E-state index in [0.29, 0.717) is 18.6 Å². The SMILES string of the molecule is CC#CCn1cc2c(n1)c(N1C[C@@H](CC)N([C@@H](C)c3ccc4ncsc4c3)C[C@@H]1C)cc(=O)n2C. The fourth-order valence-corrected chi connectivity index (χ4v) is 5.99. The van der Waals surface area contributed by atoms with Crippen LogP contribution in [0.1, 0.15) is 45.7 Å². The number of aryl methyl sites for hydroxylation is 1. The van der Waals surface area contributed by atoms with Crippen LogP contribution in [0.2, 0.25) is 0 Å². The summed E-state index contributed by atoms with van der Waals surface area (Å²) >= 11 is 1.69. The molecular formula is C27H32N6OS. The first-order chi connectivity index (χ1) is 16.9. The third-order valence-corrected chi connectivity index (χ3v) is 8.15. The Morgan fingerprint density at radius 2 is 2.09 bits per heavy atom. The van der Waals surface area contributed by atoms with E-state index in [1.165, 1.54) is 10.3 Å². The van der Waals surface area contributed by atoms with Crippen molar-refractivity contribution in [2.24, 2.45) is 7.05 Å². The number of aromatic nitrogens is 4. The van der Waals surface area contributed by atoms with Gasteiger partial charge in [0.1, 0.15) is 12.1 Å². The van der Waals surface area contributed by atoms with Gasteiger partial charge in [-0.05, 0) is 44.9 Å². The highest BCUT2D eigenvalue weighted by Crippen LogP contribution is 2.34. The van der Waals surface area contributed by atoms with Gasteiger partial charge in [0.15, 0.2) is 0 Å². The molecule has 0 bridgehead atoms. The number of thiazole rings is 1. The Balaban J connectivity index is 1.48. The highest BCUT2D eigenvalue weighted by Gasteiger charge is 2.35. The first kappa shape index (κ1) is 23.6. The van der Waals surface area contributed by atoms with Crippen LogP contribution >= 0.6 is 11.3 Å². The van der Waals surface area contributed by atoms with Crippen LogP contribution in [0.25, 0.3) is 21.3 Å². The fourth-order valence-electron chi connectivity index (χ4n) is 5.26. The van der Waals surface area contributed by atoms with Gasteiger partial charge in [-0.1, -0.05) is 18.9 Å². The smallest absolute Gasteiger partial charge is 0.252 e. The maximum atomic E-state index is 12.9. The Labute approximate surface area is 210 Å². The molecule has 1 aliphatic heterocycles. The third kappa shape index (κ3) is 4.24. The molecule has 4 heterocycles. The summed E-state index contributed by atoms with van der Waals surface area (Å²) in [6.07, 6.45) is 2.96. The number of anilines is 1. The molecule has 7 nitrogen and oxygen atoms in total. The molecule has 8 heteroatoms. The summed E-state index contributed by atoms with van der Waals surface area (Å²) in [6, 6.07) is 9.30. The van der Waals surface area contributed by atoms with Crippen molar-refractivity contribution < 1.29 is 0 Å². The number of hydrogen-bond donors (Lipinski definition) is 0. The van der Waals surface area contributed by atoms with Crippen LogP contribution < -0.4 is 10.5 Å². The average Bonchev–Trinajstić information content (AvgIpc) is 3.51. The largest absolute Gasteiger partial charge is 0.364 e. The zero-order valence-corrected chi connectivity index (χ0v) is 21.8. The van der Waals surface area contributed by atoms with E-state index in [-0.39, 0.29) is 11.6 Å². The molecule has 3 aromatic heterocycles. The van der Waals surface area contributed by atoms with Crippen molar-refractivity contribution in [1.82, 2.24) is 24.2 Å². The summed E-state index contributed by atoms with van der Waals surface area (Å²) in [4.78, 5) is 22.3. The molecule has 0 unspecified atom stereocenters. The molecule has 0 radical (unpaired) electrons. The Kier molecular flexibility index (Phi) is 6.39. The van der Waals surface area contributed by atoms with Gasteiger partial charge < -0.3 is 9.47 Å². The van der Waals surface area contributed by atoms with Crippen molar-refractivity contribution in [3.05, 3.63) is 51.9 Å². The van der Waals surface area contributed by atoms with E-state index in [9.17, 15) is 4.79 Å². The Morgan fingerprint density at radius 3 is 2.86 bits per heavy atom.